The smallest absolute Gasteiger partial charge is 0.360 e. The maximum atomic E-state index is 12.1. The lowest BCUT2D eigenvalue weighted by atomic mass is 10.1. The van der Waals surface area contributed by atoms with E-state index in [1.165, 1.54) is 6.92 Å². The van der Waals surface area contributed by atoms with Gasteiger partial charge in [-0.3, -0.25) is 4.79 Å². The highest BCUT2D eigenvalue weighted by Gasteiger charge is 2.12. The first-order chi connectivity index (χ1) is 12.5. The molecule has 0 aliphatic carbocycles. The van der Waals surface area contributed by atoms with Crippen molar-refractivity contribution in [1.82, 2.24) is 0 Å². The number of hydrogen-bond acceptors (Lipinski definition) is 5. The molecule has 2 aromatic carbocycles. The van der Waals surface area contributed by atoms with E-state index < -0.39 is 5.63 Å². The third kappa shape index (κ3) is 3.54. The lowest BCUT2D eigenvalue weighted by Gasteiger charge is -2.13. The number of anilines is 1. The first-order valence-electron chi connectivity index (χ1n) is 8.09. The van der Waals surface area contributed by atoms with E-state index >= 15 is 0 Å². The Morgan fingerprint density at radius 2 is 1.92 bits per heavy atom. The van der Waals surface area contributed by atoms with Crippen LogP contribution >= 0.6 is 0 Å². The Kier molecular flexibility index (Phi) is 4.93. The first kappa shape index (κ1) is 17.5. The second-order valence-electron chi connectivity index (χ2n) is 5.84. The number of hydrogen-bond donors (Lipinski definition) is 1. The van der Waals surface area contributed by atoms with E-state index in [0.29, 0.717) is 28.9 Å². The van der Waals surface area contributed by atoms with Crippen LogP contribution in [0.3, 0.4) is 0 Å². The van der Waals surface area contributed by atoms with Gasteiger partial charge in [-0.1, -0.05) is 18.2 Å². The maximum absolute atomic E-state index is 12.1. The van der Waals surface area contributed by atoms with Gasteiger partial charge in [0.25, 0.3) is 0 Å². The van der Waals surface area contributed by atoms with E-state index in [1.54, 1.807) is 19.2 Å². The summed E-state index contributed by atoms with van der Waals surface area (Å²) in [6, 6.07) is 12.8. The average Bonchev–Trinajstić information content (AvgIpc) is 2.62. The number of aryl methyl sites for hydroxylation is 1. The third-order valence-corrected chi connectivity index (χ3v) is 3.99. The van der Waals surface area contributed by atoms with Crippen molar-refractivity contribution in [3.63, 3.8) is 0 Å². The van der Waals surface area contributed by atoms with Crippen LogP contribution in [0.15, 0.2) is 51.7 Å². The molecule has 0 saturated carbocycles. The lowest BCUT2D eigenvalue weighted by molar-refractivity contribution is -0.114. The highest BCUT2D eigenvalue weighted by molar-refractivity contribution is 5.91. The van der Waals surface area contributed by atoms with Gasteiger partial charge in [0.1, 0.15) is 29.4 Å². The van der Waals surface area contributed by atoms with Gasteiger partial charge in [-0.2, -0.15) is 0 Å². The van der Waals surface area contributed by atoms with Crippen LogP contribution in [0.5, 0.6) is 11.5 Å². The Bertz CT molecular complexity index is 1020. The molecule has 1 heterocycles. The Hall–Kier alpha value is -3.28. The molecule has 1 N–H and O–H groups in total. The summed E-state index contributed by atoms with van der Waals surface area (Å²) in [5.74, 6) is 1.03. The zero-order chi connectivity index (χ0) is 18.7. The Morgan fingerprint density at radius 1 is 1.15 bits per heavy atom. The van der Waals surface area contributed by atoms with E-state index in [0.717, 1.165) is 11.3 Å². The Balaban J connectivity index is 1.92. The van der Waals surface area contributed by atoms with Crippen molar-refractivity contribution >= 4 is 22.6 Å². The second-order valence-corrected chi connectivity index (χ2v) is 5.84. The minimum Gasteiger partial charge on any atom is -0.496 e. The number of rotatable bonds is 5. The summed E-state index contributed by atoms with van der Waals surface area (Å²) < 4.78 is 16.6. The lowest BCUT2D eigenvalue weighted by Crippen LogP contribution is -2.14. The molecular weight excluding hydrogens is 334 g/mol. The molecule has 0 spiro atoms. The number of nitrogens with one attached hydrogen (secondary N) is 1. The predicted octanol–water partition coefficient (Wildman–Crippen LogP) is 3.65. The normalized spacial score (nSPS) is 10.6. The average molecular weight is 353 g/mol. The quantitative estimate of drug-likeness (QED) is 0.709. The zero-order valence-electron chi connectivity index (χ0n) is 14.8. The molecule has 0 saturated heterocycles. The SMILES string of the molecule is COc1ccccc1COc1ccc2cc(NC(C)=O)c(=O)oc2c1C. The molecule has 26 heavy (non-hydrogen) atoms. The summed E-state index contributed by atoms with van der Waals surface area (Å²) in [7, 11) is 1.61. The maximum Gasteiger partial charge on any atom is 0.360 e. The highest BCUT2D eigenvalue weighted by Crippen LogP contribution is 2.29. The molecule has 6 nitrogen and oxygen atoms in total. The minimum atomic E-state index is -0.599. The number of fused-ring (bicyclic) bond motifs is 1. The number of methoxy groups -OCH3 is 1. The summed E-state index contributed by atoms with van der Waals surface area (Å²) in [6.07, 6.45) is 0. The van der Waals surface area contributed by atoms with Crippen LogP contribution in [-0.2, 0) is 11.4 Å². The van der Waals surface area contributed by atoms with Crippen molar-refractivity contribution in [2.75, 3.05) is 12.4 Å². The van der Waals surface area contributed by atoms with Crippen LogP contribution in [0.25, 0.3) is 11.0 Å². The number of para-hydroxylation sites is 1. The number of carbonyl (C=O) groups excluding carboxylic acids is 1. The Morgan fingerprint density at radius 3 is 2.65 bits per heavy atom. The van der Waals surface area contributed by atoms with Crippen molar-refractivity contribution < 1.29 is 18.7 Å². The van der Waals surface area contributed by atoms with E-state index in [1.807, 2.05) is 37.3 Å². The van der Waals surface area contributed by atoms with Gasteiger partial charge < -0.3 is 19.2 Å². The minimum absolute atomic E-state index is 0.118. The summed E-state index contributed by atoms with van der Waals surface area (Å²) in [4.78, 5) is 23.2. The molecule has 0 unspecified atom stereocenters. The summed E-state index contributed by atoms with van der Waals surface area (Å²) >= 11 is 0. The van der Waals surface area contributed by atoms with Crippen molar-refractivity contribution in [3.05, 3.63) is 64.0 Å². The van der Waals surface area contributed by atoms with E-state index in [-0.39, 0.29) is 11.6 Å². The van der Waals surface area contributed by atoms with Crippen LogP contribution in [-0.4, -0.2) is 13.0 Å². The fraction of sp³-hybridized carbons (Fsp3) is 0.200. The standard InChI is InChI=1S/C20H19NO5/c1-12-17(25-11-15-6-4-5-7-18(15)24-3)9-8-14-10-16(21-13(2)22)20(23)26-19(12)14/h4-10H,11H2,1-3H3,(H,21,22). The molecular formula is C20H19NO5. The molecule has 6 heteroatoms. The molecule has 3 aromatic rings. The summed E-state index contributed by atoms with van der Waals surface area (Å²) in [6.45, 7) is 3.48. The first-order valence-corrected chi connectivity index (χ1v) is 8.09. The molecule has 3 rings (SSSR count). The molecule has 0 fully saturated rings. The zero-order valence-corrected chi connectivity index (χ0v) is 14.8. The van der Waals surface area contributed by atoms with E-state index in [9.17, 15) is 9.59 Å². The fourth-order valence-corrected chi connectivity index (χ4v) is 2.72. The van der Waals surface area contributed by atoms with Gasteiger partial charge in [0.05, 0.1) is 7.11 Å². The third-order valence-electron chi connectivity index (χ3n) is 3.99. The summed E-state index contributed by atoms with van der Waals surface area (Å²) in [5.41, 5.74) is 1.58. The van der Waals surface area contributed by atoms with Gasteiger partial charge >= 0.3 is 5.63 Å². The number of benzene rings is 2. The summed E-state index contributed by atoms with van der Waals surface area (Å²) in [5, 5.41) is 3.17. The van der Waals surface area contributed by atoms with Crippen molar-refractivity contribution in [2.24, 2.45) is 0 Å². The number of carbonyl (C=O) groups is 1. The van der Waals surface area contributed by atoms with Crippen LogP contribution in [0.1, 0.15) is 18.1 Å². The van der Waals surface area contributed by atoms with Gasteiger partial charge in [-0.15, -0.1) is 0 Å². The second kappa shape index (κ2) is 7.31. The topological polar surface area (TPSA) is 77.8 Å². The van der Waals surface area contributed by atoms with Crippen LogP contribution in [0.2, 0.25) is 0 Å². The molecule has 0 aliphatic rings. The van der Waals surface area contributed by atoms with Gasteiger partial charge in [-0.25, -0.2) is 4.79 Å². The van der Waals surface area contributed by atoms with Crippen molar-refractivity contribution in [1.29, 1.82) is 0 Å². The van der Waals surface area contributed by atoms with Gasteiger partial charge in [-0.05, 0) is 31.2 Å². The van der Waals surface area contributed by atoms with E-state index in [4.69, 9.17) is 13.9 Å². The molecule has 1 amide bonds. The van der Waals surface area contributed by atoms with Crippen LogP contribution in [0.4, 0.5) is 5.69 Å². The number of ether oxygens (including phenoxy) is 2. The van der Waals surface area contributed by atoms with Crippen LogP contribution < -0.4 is 20.4 Å². The van der Waals surface area contributed by atoms with Crippen molar-refractivity contribution in [2.45, 2.75) is 20.5 Å². The fourth-order valence-electron chi connectivity index (χ4n) is 2.72. The van der Waals surface area contributed by atoms with Gasteiger partial charge in [0, 0.05) is 23.4 Å². The predicted molar refractivity (Wildman–Crippen MR) is 98.9 cm³/mol. The van der Waals surface area contributed by atoms with E-state index in [2.05, 4.69) is 5.32 Å². The molecule has 0 bridgehead atoms. The van der Waals surface area contributed by atoms with Crippen LogP contribution in [0, 0.1) is 6.92 Å². The molecule has 0 aliphatic heterocycles. The highest BCUT2D eigenvalue weighted by atomic mass is 16.5. The van der Waals surface area contributed by atoms with Gasteiger partial charge in [0.15, 0.2) is 0 Å². The largest absolute Gasteiger partial charge is 0.496 e. The monoisotopic (exact) mass is 353 g/mol. The molecule has 134 valence electrons. The van der Waals surface area contributed by atoms with Gasteiger partial charge in [0.2, 0.25) is 5.91 Å². The number of amides is 1. The van der Waals surface area contributed by atoms with Crippen molar-refractivity contribution in [3.8, 4) is 11.5 Å². The molecule has 0 radical (unpaired) electrons. The Labute approximate surface area is 150 Å². The molecule has 1 aromatic heterocycles. The molecule has 0 atom stereocenters.